The first kappa shape index (κ1) is 18.8. The van der Waals surface area contributed by atoms with Crippen LogP contribution >= 0.6 is 23.1 Å². The number of aromatic nitrogens is 3. The van der Waals surface area contributed by atoms with Gasteiger partial charge in [-0.1, -0.05) is 35.2 Å². The molecule has 4 rings (SSSR count). The van der Waals surface area contributed by atoms with E-state index >= 15 is 0 Å². The van der Waals surface area contributed by atoms with Gasteiger partial charge in [-0.05, 0) is 32.0 Å². The summed E-state index contributed by atoms with van der Waals surface area (Å²) < 4.78 is 14.7. The highest BCUT2D eigenvalue weighted by molar-refractivity contribution is 8.01. The molecule has 0 unspecified atom stereocenters. The molecular formula is C19H20N4O3S2. The number of thioether (sulfide) groups is 1. The zero-order valence-electron chi connectivity index (χ0n) is 15.5. The molecule has 7 nitrogen and oxygen atoms in total. The zero-order chi connectivity index (χ0) is 19.7. The van der Waals surface area contributed by atoms with Gasteiger partial charge in [-0.25, -0.2) is 0 Å². The fourth-order valence-corrected chi connectivity index (χ4v) is 4.72. The molecule has 146 valence electrons. The highest BCUT2D eigenvalue weighted by Gasteiger charge is 2.24. The molecule has 0 fully saturated rings. The zero-order valence-corrected chi connectivity index (χ0v) is 17.2. The first-order chi connectivity index (χ1) is 13.5. The lowest BCUT2D eigenvalue weighted by molar-refractivity contribution is 0.0777. The summed E-state index contributed by atoms with van der Waals surface area (Å²) in [5.41, 5.74) is 8.26. The maximum absolute atomic E-state index is 12.7. The van der Waals surface area contributed by atoms with Gasteiger partial charge in [0, 0.05) is 17.0 Å². The Balaban J connectivity index is 1.44. The Morgan fingerprint density at radius 3 is 2.86 bits per heavy atom. The second kappa shape index (κ2) is 7.84. The van der Waals surface area contributed by atoms with Crippen LogP contribution in [0.5, 0.6) is 11.5 Å². The van der Waals surface area contributed by atoms with Gasteiger partial charge in [-0.2, -0.15) is 0 Å². The standard InChI is InChI=1S/C19H20N4O3S2/c1-11-7-14(15(24)10-27-19-22-21-18(20)28-19)12(2)23(11)8-13-9-25-16-5-3-4-6-17(16)26-13/h3-7,13H,8-10H2,1-2H3,(H2,20,21)/t13-/m0/s1. The molecule has 0 saturated carbocycles. The summed E-state index contributed by atoms with van der Waals surface area (Å²) in [6.07, 6.45) is -0.110. The predicted octanol–water partition coefficient (Wildman–Crippen LogP) is 3.35. The summed E-state index contributed by atoms with van der Waals surface area (Å²) in [4.78, 5) is 12.7. The Bertz CT molecular complexity index is 1010. The van der Waals surface area contributed by atoms with Gasteiger partial charge in [0.1, 0.15) is 6.61 Å². The molecule has 0 bridgehead atoms. The Kier molecular flexibility index (Phi) is 5.27. The van der Waals surface area contributed by atoms with E-state index in [9.17, 15) is 4.79 Å². The van der Waals surface area contributed by atoms with Crippen LogP contribution in [-0.2, 0) is 6.54 Å². The number of nitrogens with two attached hydrogens (primary N) is 1. The normalized spacial score (nSPS) is 15.6. The number of nitrogens with zero attached hydrogens (tertiary/aromatic N) is 3. The molecule has 0 spiro atoms. The largest absolute Gasteiger partial charge is 0.486 e. The maximum Gasteiger partial charge on any atom is 0.203 e. The molecule has 2 aromatic heterocycles. The fraction of sp³-hybridized carbons (Fsp3) is 0.316. The van der Waals surface area contributed by atoms with E-state index in [4.69, 9.17) is 15.2 Å². The van der Waals surface area contributed by atoms with Crippen molar-refractivity contribution in [2.45, 2.75) is 30.8 Å². The number of ether oxygens (including phenoxy) is 2. The van der Waals surface area contributed by atoms with Gasteiger partial charge in [0.15, 0.2) is 27.7 Å². The average molecular weight is 417 g/mol. The van der Waals surface area contributed by atoms with E-state index < -0.39 is 0 Å². The van der Waals surface area contributed by atoms with Crippen molar-refractivity contribution in [3.8, 4) is 11.5 Å². The third-order valence-corrected chi connectivity index (χ3v) is 6.46. The minimum atomic E-state index is -0.110. The molecule has 3 aromatic rings. The molecule has 3 heterocycles. The monoisotopic (exact) mass is 416 g/mol. The number of fused-ring (bicyclic) bond motifs is 1. The van der Waals surface area contributed by atoms with E-state index in [0.29, 0.717) is 28.4 Å². The van der Waals surface area contributed by atoms with E-state index in [1.807, 2.05) is 44.2 Å². The summed E-state index contributed by atoms with van der Waals surface area (Å²) in [5.74, 6) is 1.88. The third-order valence-electron chi connectivity index (χ3n) is 4.58. The lowest BCUT2D eigenvalue weighted by Gasteiger charge is -2.27. The molecule has 1 aromatic carbocycles. The van der Waals surface area contributed by atoms with Crippen LogP contribution in [0, 0.1) is 13.8 Å². The third kappa shape index (κ3) is 3.85. The SMILES string of the molecule is Cc1cc(C(=O)CSc2nnc(N)s2)c(C)n1C[C@H]1COc2ccccc2O1. The van der Waals surface area contributed by atoms with Crippen LogP contribution in [0.4, 0.5) is 5.13 Å². The van der Waals surface area contributed by atoms with Crippen molar-refractivity contribution in [3.63, 3.8) is 0 Å². The van der Waals surface area contributed by atoms with Crippen molar-refractivity contribution < 1.29 is 14.3 Å². The molecule has 0 amide bonds. The molecule has 0 radical (unpaired) electrons. The number of anilines is 1. The lowest BCUT2D eigenvalue weighted by atomic mass is 10.2. The number of nitrogen functional groups attached to an aromatic ring is 1. The number of Topliss-reactive ketones (excluding diaryl/α,β-unsaturated/α-hetero) is 1. The molecule has 1 aliphatic heterocycles. The Hall–Kier alpha value is -2.52. The highest BCUT2D eigenvalue weighted by atomic mass is 32.2. The summed E-state index contributed by atoms with van der Waals surface area (Å²) >= 11 is 2.64. The molecule has 0 aliphatic carbocycles. The van der Waals surface area contributed by atoms with E-state index in [0.717, 1.165) is 28.5 Å². The van der Waals surface area contributed by atoms with Gasteiger partial charge >= 0.3 is 0 Å². The number of carbonyl (C=O) groups is 1. The maximum atomic E-state index is 12.7. The second-order valence-electron chi connectivity index (χ2n) is 6.51. The minimum absolute atomic E-state index is 0.0595. The summed E-state index contributed by atoms with van der Waals surface area (Å²) in [6.45, 7) is 5.07. The van der Waals surface area contributed by atoms with Crippen LogP contribution in [0.3, 0.4) is 0 Å². The molecule has 9 heteroatoms. The number of hydrogen-bond donors (Lipinski definition) is 1. The van der Waals surface area contributed by atoms with Crippen molar-refractivity contribution in [1.29, 1.82) is 0 Å². The molecular weight excluding hydrogens is 396 g/mol. The van der Waals surface area contributed by atoms with Crippen molar-refractivity contribution >= 4 is 34.0 Å². The van der Waals surface area contributed by atoms with Crippen LogP contribution < -0.4 is 15.2 Å². The Labute approximate surface area is 170 Å². The summed E-state index contributed by atoms with van der Waals surface area (Å²) in [7, 11) is 0. The predicted molar refractivity (Wildman–Crippen MR) is 110 cm³/mol. The minimum Gasteiger partial charge on any atom is -0.486 e. The van der Waals surface area contributed by atoms with Crippen LogP contribution in [0.15, 0.2) is 34.7 Å². The number of carbonyl (C=O) groups excluding carboxylic acids is 1. The number of para-hydroxylation sites is 2. The van der Waals surface area contributed by atoms with Gasteiger partial charge < -0.3 is 19.8 Å². The summed E-state index contributed by atoms with van der Waals surface area (Å²) in [5, 5.41) is 8.12. The van der Waals surface area contributed by atoms with Gasteiger partial charge in [-0.3, -0.25) is 4.79 Å². The number of benzene rings is 1. The van der Waals surface area contributed by atoms with Gasteiger partial charge in [0.05, 0.1) is 12.3 Å². The van der Waals surface area contributed by atoms with Crippen LogP contribution in [0.1, 0.15) is 21.7 Å². The smallest absolute Gasteiger partial charge is 0.203 e. The average Bonchev–Trinajstić information content (AvgIpc) is 3.24. The number of aryl methyl sites for hydroxylation is 1. The lowest BCUT2D eigenvalue weighted by Crippen LogP contribution is -2.33. The van der Waals surface area contributed by atoms with E-state index in [2.05, 4.69) is 14.8 Å². The van der Waals surface area contributed by atoms with Crippen molar-refractivity contribution in [2.75, 3.05) is 18.1 Å². The van der Waals surface area contributed by atoms with Crippen LogP contribution in [0.25, 0.3) is 0 Å². The molecule has 0 saturated heterocycles. The van der Waals surface area contributed by atoms with Crippen LogP contribution in [-0.4, -0.2) is 39.0 Å². The molecule has 1 aliphatic rings. The molecule has 28 heavy (non-hydrogen) atoms. The first-order valence-corrected chi connectivity index (χ1v) is 10.6. The number of ketones is 1. The van der Waals surface area contributed by atoms with Gasteiger partial charge in [0.25, 0.3) is 0 Å². The van der Waals surface area contributed by atoms with Crippen molar-refractivity contribution in [1.82, 2.24) is 14.8 Å². The fourth-order valence-electron chi connectivity index (χ4n) is 3.20. The first-order valence-electron chi connectivity index (χ1n) is 8.81. The van der Waals surface area contributed by atoms with Crippen molar-refractivity contribution in [3.05, 3.63) is 47.3 Å². The quantitative estimate of drug-likeness (QED) is 0.486. The van der Waals surface area contributed by atoms with Crippen LogP contribution in [0.2, 0.25) is 0 Å². The highest BCUT2D eigenvalue weighted by Crippen LogP contribution is 2.32. The van der Waals surface area contributed by atoms with E-state index in [1.165, 1.54) is 23.1 Å². The van der Waals surface area contributed by atoms with E-state index in [-0.39, 0.29) is 11.9 Å². The Morgan fingerprint density at radius 2 is 2.11 bits per heavy atom. The summed E-state index contributed by atoms with van der Waals surface area (Å²) in [6, 6.07) is 9.59. The van der Waals surface area contributed by atoms with E-state index in [1.54, 1.807) is 0 Å². The number of rotatable bonds is 6. The molecule has 1 atom stereocenters. The van der Waals surface area contributed by atoms with Gasteiger partial charge in [0.2, 0.25) is 5.13 Å². The van der Waals surface area contributed by atoms with Gasteiger partial charge in [-0.15, -0.1) is 10.2 Å². The second-order valence-corrected chi connectivity index (χ2v) is 8.74. The number of hydrogen-bond acceptors (Lipinski definition) is 8. The topological polar surface area (TPSA) is 92.3 Å². The molecule has 2 N–H and O–H groups in total. The Morgan fingerprint density at radius 1 is 1.32 bits per heavy atom. The van der Waals surface area contributed by atoms with Crippen molar-refractivity contribution in [2.24, 2.45) is 0 Å².